The highest BCUT2D eigenvalue weighted by Crippen LogP contribution is 2.22. The molecule has 0 atom stereocenters. The van der Waals surface area contributed by atoms with Crippen LogP contribution in [0.5, 0.6) is 0 Å². The van der Waals surface area contributed by atoms with E-state index in [-0.39, 0.29) is 0 Å². The number of benzene rings is 2. The number of hydrogen-bond acceptors (Lipinski definition) is 4. The summed E-state index contributed by atoms with van der Waals surface area (Å²) in [7, 11) is 0. The van der Waals surface area contributed by atoms with Crippen LogP contribution in [0.1, 0.15) is 11.1 Å². The van der Waals surface area contributed by atoms with Gasteiger partial charge < -0.3 is 0 Å². The summed E-state index contributed by atoms with van der Waals surface area (Å²) < 4.78 is 2.94. The smallest absolute Gasteiger partial charge is 0.206 e. The van der Waals surface area contributed by atoms with Crippen molar-refractivity contribution in [1.82, 2.24) is 9.66 Å². The Morgan fingerprint density at radius 2 is 1.82 bits per heavy atom. The molecule has 28 heavy (non-hydrogen) atoms. The summed E-state index contributed by atoms with van der Waals surface area (Å²) in [5, 5.41) is 6.80. The molecule has 6 heteroatoms. The summed E-state index contributed by atoms with van der Waals surface area (Å²) in [6.07, 6.45) is 5.35. The van der Waals surface area contributed by atoms with Crippen LogP contribution in [-0.4, -0.2) is 15.9 Å². The van der Waals surface area contributed by atoms with Gasteiger partial charge in [0.25, 0.3) is 0 Å². The molecular formula is C22H17BrN4S. The van der Waals surface area contributed by atoms with Gasteiger partial charge in [0.2, 0.25) is 4.80 Å². The first-order chi connectivity index (χ1) is 13.8. The summed E-state index contributed by atoms with van der Waals surface area (Å²) in [5.74, 6) is 0. The summed E-state index contributed by atoms with van der Waals surface area (Å²) >= 11 is 5.08. The number of halogens is 1. The summed E-state index contributed by atoms with van der Waals surface area (Å²) in [6.45, 7) is 0.615. The predicted octanol–water partition coefficient (Wildman–Crippen LogP) is 5.36. The third kappa shape index (κ3) is 4.52. The fourth-order valence-corrected chi connectivity index (χ4v) is 3.76. The maximum atomic E-state index is 4.80. The molecule has 138 valence electrons. The van der Waals surface area contributed by atoms with E-state index in [1.165, 1.54) is 5.56 Å². The summed E-state index contributed by atoms with van der Waals surface area (Å²) in [5.41, 5.74) is 4.20. The lowest BCUT2D eigenvalue weighted by atomic mass is 10.2. The van der Waals surface area contributed by atoms with Gasteiger partial charge in [-0.05, 0) is 23.8 Å². The molecule has 0 spiro atoms. The van der Waals surface area contributed by atoms with Gasteiger partial charge in [0, 0.05) is 33.4 Å². The second kappa shape index (κ2) is 8.91. The molecule has 2 heterocycles. The molecule has 0 saturated heterocycles. The first-order valence-electron chi connectivity index (χ1n) is 8.75. The molecule has 0 unspecified atom stereocenters. The van der Waals surface area contributed by atoms with E-state index < -0.39 is 0 Å². The zero-order valence-electron chi connectivity index (χ0n) is 14.9. The fraction of sp³-hybridized carbons (Fsp3) is 0.0455. The van der Waals surface area contributed by atoms with Crippen molar-refractivity contribution in [3.63, 3.8) is 0 Å². The number of aromatic nitrogens is 2. The number of thiazole rings is 1. The highest BCUT2D eigenvalue weighted by molar-refractivity contribution is 9.10. The standard InChI is InChI=1S/C22H17BrN4S/c23-20-10-8-19(9-11-20)21-16-28-22(25-14-17-5-2-1-3-6-17)27(21)26-15-18-7-4-12-24-13-18/h1-13,15-16H,14H2. The van der Waals surface area contributed by atoms with Crippen molar-refractivity contribution in [2.45, 2.75) is 6.54 Å². The first-order valence-corrected chi connectivity index (χ1v) is 10.4. The lowest BCUT2D eigenvalue weighted by Gasteiger charge is -2.04. The van der Waals surface area contributed by atoms with E-state index in [4.69, 9.17) is 10.1 Å². The van der Waals surface area contributed by atoms with Gasteiger partial charge >= 0.3 is 0 Å². The lowest BCUT2D eigenvalue weighted by molar-refractivity contribution is 0.824. The van der Waals surface area contributed by atoms with Crippen molar-refractivity contribution in [1.29, 1.82) is 0 Å². The number of nitrogens with zero attached hydrogens (tertiary/aromatic N) is 4. The van der Waals surface area contributed by atoms with E-state index in [0.717, 1.165) is 26.1 Å². The predicted molar refractivity (Wildman–Crippen MR) is 118 cm³/mol. The van der Waals surface area contributed by atoms with Crippen molar-refractivity contribution in [2.24, 2.45) is 10.1 Å². The zero-order valence-corrected chi connectivity index (χ0v) is 17.3. The third-order valence-electron chi connectivity index (χ3n) is 4.07. The van der Waals surface area contributed by atoms with Gasteiger partial charge in [0.1, 0.15) is 0 Å². The lowest BCUT2D eigenvalue weighted by Crippen LogP contribution is -2.12. The molecular weight excluding hydrogens is 432 g/mol. The van der Waals surface area contributed by atoms with Crippen LogP contribution in [0.3, 0.4) is 0 Å². The normalized spacial score (nSPS) is 12.0. The Labute approximate surface area is 175 Å². The molecule has 0 aliphatic carbocycles. The maximum Gasteiger partial charge on any atom is 0.206 e. The molecule has 4 nitrogen and oxygen atoms in total. The van der Waals surface area contributed by atoms with Crippen LogP contribution in [0.4, 0.5) is 0 Å². The van der Waals surface area contributed by atoms with Crippen LogP contribution < -0.4 is 4.80 Å². The average Bonchev–Trinajstić information content (AvgIpc) is 3.15. The average molecular weight is 449 g/mol. The van der Waals surface area contributed by atoms with E-state index in [0.29, 0.717) is 6.54 Å². The molecule has 0 N–H and O–H groups in total. The van der Waals surface area contributed by atoms with Crippen molar-refractivity contribution < 1.29 is 0 Å². The van der Waals surface area contributed by atoms with Crippen molar-refractivity contribution in [3.8, 4) is 11.3 Å². The van der Waals surface area contributed by atoms with Gasteiger partial charge in [0.15, 0.2) is 0 Å². The minimum Gasteiger partial charge on any atom is -0.264 e. The SMILES string of the molecule is Brc1ccc(-c2csc(=NCc3ccccc3)n2N=Cc2cccnc2)cc1. The Morgan fingerprint density at radius 1 is 1.00 bits per heavy atom. The Morgan fingerprint density at radius 3 is 2.57 bits per heavy atom. The van der Waals surface area contributed by atoms with E-state index in [1.807, 2.05) is 53.4 Å². The van der Waals surface area contributed by atoms with E-state index >= 15 is 0 Å². The van der Waals surface area contributed by atoms with Crippen LogP contribution in [0.15, 0.2) is 99.1 Å². The largest absolute Gasteiger partial charge is 0.264 e. The third-order valence-corrected chi connectivity index (χ3v) is 5.45. The number of hydrogen-bond donors (Lipinski definition) is 0. The minimum absolute atomic E-state index is 0.615. The van der Waals surface area contributed by atoms with Crippen LogP contribution in [0.25, 0.3) is 11.3 Å². The Balaban J connectivity index is 1.75. The second-order valence-corrected chi connectivity index (χ2v) is 7.81. The van der Waals surface area contributed by atoms with E-state index in [1.54, 1.807) is 23.7 Å². The molecule has 0 bridgehead atoms. The van der Waals surface area contributed by atoms with Crippen LogP contribution in [0, 0.1) is 0 Å². The number of pyridine rings is 1. The topological polar surface area (TPSA) is 42.5 Å². The zero-order chi connectivity index (χ0) is 19.2. The monoisotopic (exact) mass is 448 g/mol. The Kier molecular flexibility index (Phi) is 5.89. The molecule has 4 aromatic rings. The molecule has 0 aliphatic heterocycles. The van der Waals surface area contributed by atoms with Crippen LogP contribution in [-0.2, 0) is 6.54 Å². The minimum atomic E-state index is 0.615. The molecule has 0 aliphatic rings. The quantitative estimate of drug-likeness (QED) is 0.379. The van der Waals surface area contributed by atoms with Crippen LogP contribution in [0.2, 0.25) is 0 Å². The maximum absolute atomic E-state index is 4.80. The Hall–Kier alpha value is -2.83. The van der Waals surface area contributed by atoms with Crippen molar-refractivity contribution >= 4 is 33.5 Å². The Bertz CT molecular complexity index is 1130. The highest BCUT2D eigenvalue weighted by Gasteiger charge is 2.07. The van der Waals surface area contributed by atoms with Gasteiger partial charge in [-0.3, -0.25) is 9.98 Å². The van der Waals surface area contributed by atoms with Gasteiger partial charge in [-0.15, -0.1) is 11.3 Å². The second-order valence-electron chi connectivity index (χ2n) is 6.05. The van der Waals surface area contributed by atoms with Crippen LogP contribution >= 0.6 is 27.3 Å². The van der Waals surface area contributed by atoms with Crippen molar-refractivity contribution in [2.75, 3.05) is 0 Å². The number of rotatable bonds is 5. The molecule has 2 aromatic heterocycles. The van der Waals surface area contributed by atoms with Gasteiger partial charge in [-0.25, -0.2) is 4.68 Å². The van der Waals surface area contributed by atoms with Gasteiger partial charge in [-0.1, -0.05) is 64.5 Å². The molecule has 0 amide bonds. The van der Waals surface area contributed by atoms with E-state index in [2.05, 4.69) is 50.6 Å². The van der Waals surface area contributed by atoms with Gasteiger partial charge in [0.05, 0.1) is 18.5 Å². The van der Waals surface area contributed by atoms with Gasteiger partial charge in [-0.2, -0.15) is 5.10 Å². The molecule has 4 rings (SSSR count). The summed E-state index contributed by atoms with van der Waals surface area (Å²) in [4.78, 5) is 9.79. The molecule has 0 saturated carbocycles. The first kappa shape index (κ1) is 18.5. The molecule has 2 aromatic carbocycles. The summed E-state index contributed by atoms with van der Waals surface area (Å²) in [6, 6.07) is 22.3. The molecule has 0 fully saturated rings. The fourth-order valence-electron chi connectivity index (χ4n) is 2.66. The molecule has 0 radical (unpaired) electrons. The van der Waals surface area contributed by atoms with E-state index in [9.17, 15) is 0 Å². The highest BCUT2D eigenvalue weighted by atomic mass is 79.9. The van der Waals surface area contributed by atoms with Crippen molar-refractivity contribution in [3.05, 3.63) is 105 Å².